The van der Waals surface area contributed by atoms with Crippen molar-refractivity contribution in [3.8, 4) is 0 Å². The fraction of sp³-hybridized carbons (Fsp3) is 0.300. The van der Waals surface area contributed by atoms with Crippen LogP contribution in [-0.4, -0.2) is 38.9 Å². The molecule has 36 heavy (non-hydrogen) atoms. The first kappa shape index (κ1) is 25.2. The molecular weight excluding hydrogens is 448 g/mol. The van der Waals surface area contributed by atoms with E-state index in [1.807, 2.05) is 109 Å². The minimum absolute atomic E-state index is 0.0611. The third-order valence-corrected chi connectivity index (χ3v) is 6.31. The zero-order valence-electron chi connectivity index (χ0n) is 21.3. The molecule has 0 aliphatic heterocycles. The van der Waals surface area contributed by atoms with E-state index in [2.05, 4.69) is 5.32 Å². The second-order valence-corrected chi connectivity index (χ2v) is 9.43. The summed E-state index contributed by atoms with van der Waals surface area (Å²) in [7, 11) is 0. The van der Waals surface area contributed by atoms with E-state index in [-0.39, 0.29) is 24.4 Å². The largest absolute Gasteiger partial charge is 0.352 e. The first-order chi connectivity index (χ1) is 17.4. The molecule has 0 saturated heterocycles. The monoisotopic (exact) mass is 482 g/mol. The average molecular weight is 483 g/mol. The van der Waals surface area contributed by atoms with Crippen LogP contribution in [0.15, 0.2) is 78.9 Å². The van der Waals surface area contributed by atoms with Crippen molar-refractivity contribution < 1.29 is 9.59 Å². The lowest BCUT2D eigenvalue weighted by Crippen LogP contribution is -2.38. The van der Waals surface area contributed by atoms with Crippen molar-refractivity contribution in [2.75, 3.05) is 6.54 Å². The van der Waals surface area contributed by atoms with Gasteiger partial charge in [0, 0.05) is 31.1 Å². The minimum Gasteiger partial charge on any atom is -0.352 e. The second-order valence-electron chi connectivity index (χ2n) is 9.43. The van der Waals surface area contributed by atoms with Crippen LogP contribution in [-0.2, 0) is 24.3 Å². The van der Waals surface area contributed by atoms with Gasteiger partial charge in [-0.15, -0.1) is 0 Å². The summed E-state index contributed by atoms with van der Waals surface area (Å²) in [4.78, 5) is 32.7. The molecule has 6 nitrogen and oxygen atoms in total. The van der Waals surface area contributed by atoms with Crippen molar-refractivity contribution >= 4 is 22.8 Å². The summed E-state index contributed by atoms with van der Waals surface area (Å²) >= 11 is 0. The van der Waals surface area contributed by atoms with E-state index in [9.17, 15) is 9.59 Å². The first-order valence-electron chi connectivity index (χ1n) is 12.5. The molecule has 0 atom stereocenters. The number of hydrogen-bond donors (Lipinski definition) is 1. The minimum atomic E-state index is -0.0733. The number of fused-ring (bicyclic) bond motifs is 1. The van der Waals surface area contributed by atoms with Crippen LogP contribution < -0.4 is 5.32 Å². The Bertz CT molecular complexity index is 1330. The van der Waals surface area contributed by atoms with E-state index >= 15 is 0 Å². The van der Waals surface area contributed by atoms with Crippen LogP contribution in [0.5, 0.6) is 0 Å². The van der Waals surface area contributed by atoms with E-state index in [4.69, 9.17) is 4.98 Å². The molecule has 2 amide bonds. The highest BCUT2D eigenvalue weighted by Gasteiger charge is 2.21. The zero-order valence-corrected chi connectivity index (χ0v) is 21.3. The highest BCUT2D eigenvalue weighted by molar-refractivity contribution is 5.94. The summed E-state index contributed by atoms with van der Waals surface area (Å²) in [6, 6.07) is 25.6. The SMILES string of the molecule is Cc1cccc(C(=O)NCCCc2nc3ccccc3n2CC(=O)N(Cc2ccccc2)C(C)C)c1. The van der Waals surface area contributed by atoms with Crippen LogP contribution in [0.25, 0.3) is 11.0 Å². The Morgan fingerprint density at radius 2 is 1.72 bits per heavy atom. The summed E-state index contributed by atoms with van der Waals surface area (Å²) < 4.78 is 2.03. The fourth-order valence-electron chi connectivity index (χ4n) is 4.39. The second kappa shape index (κ2) is 11.7. The number of para-hydroxylation sites is 2. The molecule has 0 saturated carbocycles. The molecule has 1 N–H and O–H groups in total. The summed E-state index contributed by atoms with van der Waals surface area (Å²) in [5.74, 6) is 0.847. The predicted molar refractivity (Wildman–Crippen MR) is 144 cm³/mol. The van der Waals surface area contributed by atoms with E-state index in [0.717, 1.165) is 34.4 Å². The van der Waals surface area contributed by atoms with Gasteiger partial charge >= 0.3 is 0 Å². The van der Waals surface area contributed by atoms with Crippen molar-refractivity contribution in [1.82, 2.24) is 19.8 Å². The number of benzene rings is 3. The third kappa shape index (κ3) is 6.19. The Kier molecular flexibility index (Phi) is 8.16. The Balaban J connectivity index is 1.45. The molecule has 4 aromatic rings. The highest BCUT2D eigenvalue weighted by Crippen LogP contribution is 2.19. The van der Waals surface area contributed by atoms with E-state index in [1.54, 1.807) is 0 Å². The molecule has 0 aliphatic carbocycles. The topological polar surface area (TPSA) is 67.2 Å². The lowest BCUT2D eigenvalue weighted by Gasteiger charge is -2.27. The highest BCUT2D eigenvalue weighted by atomic mass is 16.2. The van der Waals surface area contributed by atoms with Gasteiger partial charge < -0.3 is 14.8 Å². The van der Waals surface area contributed by atoms with Crippen molar-refractivity contribution in [3.05, 3.63) is 101 Å². The number of carbonyl (C=O) groups excluding carboxylic acids is 2. The maximum absolute atomic E-state index is 13.5. The van der Waals surface area contributed by atoms with Gasteiger partial charge in [-0.2, -0.15) is 0 Å². The number of nitrogens with one attached hydrogen (secondary N) is 1. The summed E-state index contributed by atoms with van der Waals surface area (Å²) in [6.45, 7) is 7.41. The maximum atomic E-state index is 13.5. The number of aromatic nitrogens is 2. The molecule has 0 radical (unpaired) electrons. The molecular formula is C30H34N4O2. The van der Waals surface area contributed by atoms with Crippen molar-refractivity contribution in [1.29, 1.82) is 0 Å². The number of imidazole rings is 1. The van der Waals surface area contributed by atoms with Gasteiger partial charge in [0.1, 0.15) is 12.4 Å². The lowest BCUT2D eigenvalue weighted by atomic mass is 10.1. The third-order valence-electron chi connectivity index (χ3n) is 6.31. The quantitative estimate of drug-likeness (QED) is 0.318. The van der Waals surface area contributed by atoms with Crippen molar-refractivity contribution in [2.45, 2.75) is 52.7 Å². The molecule has 0 unspecified atom stereocenters. The van der Waals surface area contributed by atoms with Crippen LogP contribution in [0.3, 0.4) is 0 Å². The van der Waals surface area contributed by atoms with Gasteiger partial charge in [0.2, 0.25) is 5.91 Å². The fourth-order valence-corrected chi connectivity index (χ4v) is 4.39. The Labute approximate surface area is 213 Å². The lowest BCUT2D eigenvalue weighted by molar-refractivity contribution is -0.134. The van der Waals surface area contributed by atoms with E-state index < -0.39 is 0 Å². The van der Waals surface area contributed by atoms with E-state index in [1.165, 1.54) is 0 Å². The predicted octanol–water partition coefficient (Wildman–Crippen LogP) is 5.14. The number of carbonyl (C=O) groups is 2. The Morgan fingerprint density at radius 1 is 0.972 bits per heavy atom. The smallest absolute Gasteiger partial charge is 0.251 e. The van der Waals surface area contributed by atoms with E-state index in [0.29, 0.717) is 25.1 Å². The standard InChI is InChI=1S/C30H34N4O2/c1-22(2)33(20-24-12-5-4-6-13-24)29(35)21-34-27-16-8-7-15-26(27)32-28(34)17-10-18-31-30(36)25-14-9-11-23(3)19-25/h4-9,11-16,19,22H,10,17-18,20-21H2,1-3H3,(H,31,36). The van der Waals surface area contributed by atoms with Crippen LogP contribution in [0.1, 0.15) is 47.6 Å². The number of nitrogens with zero attached hydrogens (tertiary/aromatic N) is 3. The Hall–Kier alpha value is -3.93. The van der Waals surface area contributed by atoms with Gasteiger partial charge in [-0.3, -0.25) is 9.59 Å². The number of aryl methyl sites for hydroxylation is 2. The number of hydrogen-bond acceptors (Lipinski definition) is 3. The maximum Gasteiger partial charge on any atom is 0.251 e. The molecule has 186 valence electrons. The van der Waals surface area contributed by atoms with Gasteiger partial charge in [0.05, 0.1) is 11.0 Å². The molecule has 0 bridgehead atoms. The molecule has 1 heterocycles. The van der Waals surface area contributed by atoms with Crippen LogP contribution in [0, 0.1) is 6.92 Å². The molecule has 6 heteroatoms. The first-order valence-corrected chi connectivity index (χ1v) is 12.5. The zero-order chi connectivity index (χ0) is 25.5. The molecule has 0 fully saturated rings. The van der Waals surface area contributed by atoms with Gasteiger partial charge in [-0.05, 0) is 57.0 Å². The number of amides is 2. The van der Waals surface area contributed by atoms with Crippen LogP contribution in [0.4, 0.5) is 0 Å². The molecule has 0 spiro atoms. The van der Waals surface area contributed by atoms with Gasteiger partial charge in [-0.25, -0.2) is 4.98 Å². The summed E-state index contributed by atoms with van der Waals surface area (Å²) in [6.07, 6.45) is 1.39. The van der Waals surface area contributed by atoms with Crippen LogP contribution in [0.2, 0.25) is 0 Å². The molecule has 4 rings (SSSR count). The summed E-state index contributed by atoms with van der Waals surface area (Å²) in [5.41, 5.74) is 4.67. The van der Waals surface area contributed by atoms with Gasteiger partial charge in [0.25, 0.3) is 5.91 Å². The molecule has 0 aliphatic rings. The average Bonchev–Trinajstić information content (AvgIpc) is 3.22. The Morgan fingerprint density at radius 3 is 2.47 bits per heavy atom. The number of rotatable bonds is 10. The van der Waals surface area contributed by atoms with Gasteiger partial charge in [-0.1, -0.05) is 60.2 Å². The molecule has 3 aromatic carbocycles. The van der Waals surface area contributed by atoms with Crippen molar-refractivity contribution in [2.24, 2.45) is 0 Å². The van der Waals surface area contributed by atoms with Crippen molar-refractivity contribution in [3.63, 3.8) is 0 Å². The normalized spacial score (nSPS) is 11.1. The van der Waals surface area contributed by atoms with Crippen LogP contribution >= 0.6 is 0 Å². The molecule has 1 aromatic heterocycles. The summed E-state index contributed by atoms with van der Waals surface area (Å²) in [5, 5.41) is 3.00. The van der Waals surface area contributed by atoms with Gasteiger partial charge in [0.15, 0.2) is 0 Å².